The maximum absolute atomic E-state index is 12.5. The highest BCUT2D eigenvalue weighted by Gasteiger charge is 2.16. The second-order valence-corrected chi connectivity index (χ2v) is 9.51. The number of rotatable bonds is 5. The first kappa shape index (κ1) is 20.2. The minimum Gasteiger partial charge on any atom is -0.481 e. The quantitative estimate of drug-likeness (QED) is 0.433. The minimum absolute atomic E-state index is 0.0713. The molecule has 30 heavy (non-hydrogen) atoms. The molecule has 4 aromatic rings. The Morgan fingerprint density at radius 1 is 1.20 bits per heavy atom. The number of aryl methyl sites for hydroxylation is 1. The minimum atomic E-state index is -3.39. The third kappa shape index (κ3) is 3.59. The molecule has 0 saturated carbocycles. The van der Waals surface area contributed by atoms with Gasteiger partial charge in [-0.05, 0) is 41.8 Å². The first-order valence-electron chi connectivity index (χ1n) is 9.03. The largest absolute Gasteiger partial charge is 0.481 e. The van der Waals surface area contributed by atoms with Crippen molar-refractivity contribution in [1.29, 1.82) is 0 Å². The van der Waals surface area contributed by atoms with E-state index in [0.29, 0.717) is 43.5 Å². The van der Waals surface area contributed by atoms with Crippen molar-refractivity contribution in [2.45, 2.75) is 17.7 Å². The lowest BCUT2D eigenvalue weighted by molar-refractivity contribution is -0.136. The summed E-state index contributed by atoms with van der Waals surface area (Å²) in [7, 11) is -3.39. The maximum atomic E-state index is 12.5. The van der Waals surface area contributed by atoms with Gasteiger partial charge >= 0.3 is 5.97 Å². The Labute approximate surface area is 176 Å². The van der Waals surface area contributed by atoms with Crippen molar-refractivity contribution in [3.63, 3.8) is 0 Å². The van der Waals surface area contributed by atoms with E-state index >= 15 is 0 Å². The molecule has 0 fully saturated rings. The third-order valence-electron chi connectivity index (χ3n) is 5.00. The standard InChI is InChI=1S/C21H17ClN2O5S/c1-30(28,29)13-4-2-3-11(7-13)14-8-15-17(9-16(14)22)24-21(27)20-19(15)12(10-23-20)5-6-18(25)26/h2-4,7-10,23H,5-6H2,1H3,(H,24,27)(H,25,26). The topological polar surface area (TPSA) is 120 Å². The van der Waals surface area contributed by atoms with Crippen molar-refractivity contribution in [3.8, 4) is 11.1 Å². The Morgan fingerprint density at radius 3 is 2.67 bits per heavy atom. The number of aromatic amines is 2. The van der Waals surface area contributed by atoms with E-state index in [4.69, 9.17) is 16.7 Å². The lowest BCUT2D eigenvalue weighted by Crippen LogP contribution is -2.07. The van der Waals surface area contributed by atoms with Crippen LogP contribution in [-0.2, 0) is 21.1 Å². The number of sulfone groups is 1. The number of halogens is 1. The smallest absolute Gasteiger partial charge is 0.303 e. The van der Waals surface area contributed by atoms with E-state index in [1.165, 1.54) is 6.07 Å². The van der Waals surface area contributed by atoms with Crippen molar-refractivity contribution in [2.75, 3.05) is 6.26 Å². The number of nitrogens with one attached hydrogen (secondary N) is 2. The van der Waals surface area contributed by atoms with Gasteiger partial charge in [0.2, 0.25) is 0 Å². The number of pyridine rings is 1. The van der Waals surface area contributed by atoms with Gasteiger partial charge in [0.1, 0.15) is 5.52 Å². The second-order valence-electron chi connectivity index (χ2n) is 7.09. The van der Waals surface area contributed by atoms with Gasteiger partial charge in [-0.25, -0.2) is 8.42 Å². The Balaban J connectivity index is 2.00. The number of carbonyl (C=O) groups is 1. The molecule has 3 N–H and O–H groups in total. The van der Waals surface area contributed by atoms with Gasteiger partial charge in [-0.3, -0.25) is 9.59 Å². The molecule has 0 atom stereocenters. The SMILES string of the molecule is CS(=O)(=O)c1cccc(-c2cc3c(cc2Cl)[nH]c(=O)c2[nH]cc(CCC(=O)O)c23)c1. The van der Waals surface area contributed by atoms with Crippen LogP contribution in [0.4, 0.5) is 0 Å². The molecule has 2 heterocycles. The normalized spacial score (nSPS) is 11.9. The first-order valence-corrected chi connectivity index (χ1v) is 11.3. The molecule has 0 bridgehead atoms. The van der Waals surface area contributed by atoms with Crippen molar-refractivity contribution in [2.24, 2.45) is 0 Å². The van der Waals surface area contributed by atoms with Crippen molar-refractivity contribution >= 4 is 49.2 Å². The molecule has 154 valence electrons. The fraction of sp³-hybridized carbons (Fsp3) is 0.143. The molecular weight excluding hydrogens is 428 g/mol. The second kappa shape index (κ2) is 7.30. The van der Waals surface area contributed by atoms with E-state index in [-0.39, 0.29) is 23.3 Å². The lowest BCUT2D eigenvalue weighted by Gasteiger charge is -2.10. The molecule has 9 heteroatoms. The molecule has 0 aliphatic rings. The van der Waals surface area contributed by atoms with Crippen LogP contribution >= 0.6 is 11.6 Å². The molecule has 0 saturated heterocycles. The zero-order valence-corrected chi connectivity index (χ0v) is 17.4. The summed E-state index contributed by atoms with van der Waals surface area (Å²) in [6.45, 7) is 0. The maximum Gasteiger partial charge on any atom is 0.303 e. The monoisotopic (exact) mass is 444 g/mol. The van der Waals surface area contributed by atoms with Crippen LogP contribution < -0.4 is 5.56 Å². The van der Waals surface area contributed by atoms with Crippen LogP contribution in [0, 0.1) is 0 Å². The van der Waals surface area contributed by atoms with E-state index < -0.39 is 15.8 Å². The van der Waals surface area contributed by atoms with Gasteiger partial charge in [0, 0.05) is 35.2 Å². The molecule has 7 nitrogen and oxygen atoms in total. The summed E-state index contributed by atoms with van der Waals surface area (Å²) < 4.78 is 23.9. The van der Waals surface area contributed by atoms with Crippen molar-refractivity contribution in [3.05, 3.63) is 63.5 Å². The van der Waals surface area contributed by atoms with Gasteiger partial charge in [-0.15, -0.1) is 0 Å². The van der Waals surface area contributed by atoms with Gasteiger partial charge in [-0.1, -0.05) is 23.7 Å². The van der Waals surface area contributed by atoms with Gasteiger partial charge < -0.3 is 15.1 Å². The Hall–Kier alpha value is -3.10. The molecule has 0 unspecified atom stereocenters. The van der Waals surface area contributed by atoms with Crippen LogP contribution in [0.1, 0.15) is 12.0 Å². The molecule has 2 aromatic carbocycles. The highest BCUT2D eigenvalue weighted by Crippen LogP contribution is 2.35. The van der Waals surface area contributed by atoms with Gasteiger partial charge in [-0.2, -0.15) is 0 Å². The Kier molecular flexibility index (Phi) is 4.91. The summed E-state index contributed by atoms with van der Waals surface area (Å²) in [6.07, 6.45) is 2.96. The summed E-state index contributed by atoms with van der Waals surface area (Å²) in [5, 5.41) is 10.7. The number of hydrogen-bond acceptors (Lipinski definition) is 4. The van der Waals surface area contributed by atoms with Gasteiger partial charge in [0.25, 0.3) is 5.56 Å². The number of aromatic nitrogens is 2. The number of carboxylic acid groups (broad SMARTS) is 1. The number of hydrogen-bond donors (Lipinski definition) is 3. The predicted molar refractivity (Wildman–Crippen MR) is 116 cm³/mol. The third-order valence-corrected chi connectivity index (χ3v) is 6.42. The fourth-order valence-corrected chi connectivity index (χ4v) is 4.51. The van der Waals surface area contributed by atoms with Crippen LogP contribution in [0.2, 0.25) is 5.02 Å². The van der Waals surface area contributed by atoms with Crippen LogP contribution in [0.15, 0.2) is 52.3 Å². The van der Waals surface area contributed by atoms with Crippen molar-refractivity contribution < 1.29 is 18.3 Å². The summed E-state index contributed by atoms with van der Waals surface area (Å²) in [4.78, 5) is 29.3. The van der Waals surface area contributed by atoms with Crippen LogP contribution in [0.3, 0.4) is 0 Å². The highest BCUT2D eigenvalue weighted by molar-refractivity contribution is 7.90. The van der Waals surface area contributed by atoms with E-state index in [9.17, 15) is 18.0 Å². The van der Waals surface area contributed by atoms with E-state index in [1.807, 2.05) is 0 Å². The number of carboxylic acids is 1. The van der Waals surface area contributed by atoms with Crippen molar-refractivity contribution in [1.82, 2.24) is 9.97 Å². The van der Waals surface area contributed by atoms with Crippen LogP contribution in [0.25, 0.3) is 32.9 Å². The van der Waals surface area contributed by atoms with E-state index in [2.05, 4.69) is 9.97 Å². The molecule has 0 spiro atoms. The number of benzene rings is 2. The molecule has 4 rings (SSSR count). The lowest BCUT2D eigenvalue weighted by atomic mass is 9.99. The molecule has 0 aliphatic carbocycles. The van der Waals surface area contributed by atoms with Crippen LogP contribution in [-0.4, -0.2) is 35.7 Å². The first-order chi connectivity index (χ1) is 14.1. The zero-order valence-electron chi connectivity index (χ0n) is 15.8. The fourth-order valence-electron chi connectivity index (χ4n) is 3.57. The Morgan fingerprint density at radius 2 is 1.97 bits per heavy atom. The molecular formula is C21H17ClN2O5S. The summed E-state index contributed by atoms with van der Waals surface area (Å²) in [6, 6.07) is 9.87. The predicted octanol–water partition coefficient (Wildman–Crippen LogP) is 3.75. The van der Waals surface area contributed by atoms with Crippen LogP contribution in [0.5, 0.6) is 0 Å². The van der Waals surface area contributed by atoms with Gasteiger partial charge in [0.05, 0.1) is 15.4 Å². The highest BCUT2D eigenvalue weighted by atomic mass is 35.5. The molecule has 0 radical (unpaired) electrons. The van der Waals surface area contributed by atoms with E-state index in [0.717, 1.165) is 6.26 Å². The number of H-pyrrole nitrogens is 2. The summed E-state index contributed by atoms with van der Waals surface area (Å²) in [5.74, 6) is -0.931. The Bertz CT molecular complexity index is 1480. The summed E-state index contributed by atoms with van der Waals surface area (Å²) >= 11 is 6.47. The number of aliphatic carboxylic acids is 1. The number of fused-ring (bicyclic) bond motifs is 3. The molecule has 0 amide bonds. The molecule has 0 aliphatic heterocycles. The average Bonchev–Trinajstić information content (AvgIpc) is 3.10. The molecule has 2 aromatic heterocycles. The van der Waals surface area contributed by atoms with E-state index in [1.54, 1.807) is 36.5 Å². The average molecular weight is 445 g/mol. The van der Waals surface area contributed by atoms with Gasteiger partial charge in [0.15, 0.2) is 9.84 Å². The summed E-state index contributed by atoms with van der Waals surface area (Å²) in [5.41, 5.74) is 2.46. The zero-order chi connectivity index (χ0) is 21.6.